The Hall–Kier alpha value is -0.0301. The topological polar surface area (TPSA) is 69.9 Å². The Labute approximate surface area is 73.2 Å². The molecule has 1 fully saturated rings. The molecule has 1 heterocycles. The van der Waals surface area contributed by atoms with Gasteiger partial charge < -0.3 is 20.1 Å². The summed E-state index contributed by atoms with van der Waals surface area (Å²) in [5.41, 5.74) is 0. The summed E-state index contributed by atoms with van der Waals surface area (Å²) in [5, 5.41) is 27.7. The van der Waals surface area contributed by atoms with Gasteiger partial charge in [-0.05, 0) is 0 Å². The van der Waals surface area contributed by atoms with Crippen molar-refractivity contribution in [2.24, 2.45) is 0 Å². The molecule has 5 atom stereocenters. The monoisotopic (exact) mass is 169 g/mol. The fourth-order valence-electron chi connectivity index (χ4n) is 1.21. The van der Waals surface area contributed by atoms with E-state index >= 15 is 0 Å². The average molecular weight is 169 g/mol. The molecule has 0 aromatic rings. The molecule has 0 aromatic heterocycles. The zero-order chi connectivity index (χ0) is 9.30. The predicted octanol–water partition coefficient (Wildman–Crippen LogP) is -2.33. The van der Waals surface area contributed by atoms with Crippen molar-refractivity contribution in [2.45, 2.75) is 37.1 Å². The summed E-state index contributed by atoms with van der Waals surface area (Å²) in [5.74, 6) is 0. The molecule has 1 saturated heterocycles. The fourth-order valence-corrected chi connectivity index (χ4v) is 1.21. The Kier molecular flexibility index (Phi) is 3.17. The third kappa shape index (κ3) is 1.66. The number of aliphatic hydroxyl groups is 3. The van der Waals surface area contributed by atoms with Crippen LogP contribution in [0.5, 0.6) is 0 Å². The van der Waals surface area contributed by atoms with Gasteiger partial charge in [-0.25, -0.2) is 0 Å². The smallest absolute Gasteiger partial charge is 0.149 e. The minimum absolute atomic E-state index is 0.613. The van der Waals surface area contributed by atoms with Crippen LogP contribution >= 0.6 is 0 Å². The van der Waals surface area contributed by atoms with Crippen molar-refractivity contribution in [3.63, 3.8) is 0 Å². The van der Waals surface area contributed by atoms with Crippen LogP contribution in [0.3, 0.4) is 0 Å². The van der Waals surface area contributed by atoms with Gasteiger partial charge in [0.15, 0.2) is 0 Å². The molecule has 1 rings (SSSR count). The molecule has 0 saturated carbocycles. The van der Waals surface area contributed by atoms with Gasteiger partial charge in [0.05, 0.1) is 12.1 Å². The molecule has 0 aromatic carbocycles. The lowest BCUT2D eigenvalue weighted by Crippen LogP contribution is -2.59. The lowest BCUT2D eigenvalue weighted by Gasteiger charge is -2.39. The Balaban J connectivity index is 2.63. The van der Waals surface area contributed by atoms with Crippen LogP contribution in [0.4, 0.5) is 0 Å². The largest absolute Gasteiger partial charge is 0.388 e. The Morgan fingerprint density at radius 2 is 1.75 bits per heavy atom. The summed E-state index contributed by atoms with van der Waals surface area (Å²) < 4.78 is 4.99. The van der Waals surface area contributed by atoms with E-state index in [0.29, 0.717) is 0 Å². The van der Waals surface area contributed by atoms with E-state index in [2.05, 4.69) is 0 Å². The average Bonchev–Trinajstić information content (AvgIpc) is 2.08. The Morgan fingerprint density at radius 3 is 2.25 bits per heavy atom. The molecule has 12 heavy (non-hydrogen) atoms. The molecular weight excluding hydrogens is 158 g/mol. The van der Waals surface area contributed by atoms with Crippen LogP contribution in [0.25, 0.3) is 0 Å². The van der Waals surface area contributed by atoms with Crippen molar-refractivity contribution in [3.8, 4) is 0 Å². The van der Waals surface area contributed by atoms with Gasteiger partial charge in [0, 0.05) is 6.00 Å². The highest BCUT2D eigenvalue weighted by molar-refractivity contribution is 6.35. The van der Waals surface area contributed by atoms with Crippen molar-refractivity contribution in [1.29, 1.82) is 0 Å². The van der Waals surface area contributed by atoms with E-state index in [9.17, 15) is 10.2 Å². The molecule has 0 spiro atoms. The number of hydrogen-bond donors (Lipinski definition) is 3. The van der Waals surface area contributed by atoms with Crippen LogP contribution in [-0.4, -0.2) is 60.8 Å². The van der Waals surface area contributed by atoms with Gasteiger partial charge in [0.1, 0.15) is 27.3 Å². The maximum Gasteiger partial charge on any atom is 0.149 e. The highest BCUT2D eigenvalue weighted by Gasteiger charge is 2.40. The molecule has 3 radical (unpaired) electrons. The van der Waals surface area contributed by atoms with E-state index in [0.717, 1.165) is 0 Å². The molecule has 0 bridgehead atoms. The molecule has 5 unspecified atom stereocenters. The highest BCUT2D eigenvalue weighted by atomic mass is 16.5. The Bertz CT molecular complexity index is 152. The first-order valence-electron chi connectivity index (χ1n) is 3.82. The SMILES string of the molecule is [B]C1OC([B]C)C(O)C(O)C1O. The quantitative estimate of drug-likeness (QED) is 0.385. The maximum atomic E-state index is 9.30. The molecule has 3 N–H and O–H groups in total. The van der Waals surface area contributed by atoms with Gasteiger partial charge in [-0.3, -0.25) is 0 Å². The number of aliphatic hydroxyl groups excluding tert-OH is 3. The second kappa shape index (κ2) is 3.79. The molecule has 65 valence electrons. The van der Waals surface area contributed by atoms with Crippen LogP contribution in [-0.2, 0) is 4.74 Å². The van der Waals surface area contributed by atoms with Crippen LogP contribution < -0.4 is 0 Å². The number of rotatable bonds is 1. The standard InChI is InChI=1S/C6H11B2O4/c1-8-6-4(11)2(9)3(10)5(7)12-6/h2-6,9-11H,1H3. The van der Waals surface area contributed by atoms with E-state index in [-0.39, 0.29) is 0 Å². The van der Waals surface area contributed by atoms with Crippen molar-refractivity contribution < 1.29 is 20.1 Å². The molecular formula is C6H11B2O4. The zero-order valence-corrected chi connectivity index (χ0v) is 6.79. The lowest BCUT2D eigenvalue weighted by atomic mass is 9.67. The van der Waals surface area contributed by atoms with Gasteiger partial charge in [0.25, 0.3) is 0 Å². The molecule has 0 aliphatic carbocycles. The number of ether oxygens (including phenoxy) is 1. The van der Waals surface area contributed by atoms with Crippen LogP contribution in [0, 0.1) is 0 Å². The second-order valence-electron chi connectivity index (χ2n) is 2.87. The first-order valence-corrected chi connectivity index (χ1v) is 3.82. The highest BCUT2D eigenvalue weighted by Crippen LogP contribution is 2.18. The van der Waals surface area contributed by atoms with Crippen LogP contribution in [0.1, 0.15) is 0 Å². The van der Waals surface area contributed by atoms with Gasteiger partial charge in [0.2, 0.25) is 0 Å². The molecule has 1 aliphatic rings. The van der Waals surface area contributed by atoms with E-state index in [4.69, 9.17) is 17.7 Å². The summed E-state index contributed by atoms with van der Waals surface area (Å²) in [7, 11) is 6.92. The summed E-state index contributed by atoms with van der Waals surface area (Å²) in [4.78, 5) is 0. The minimum atomic E-state index is -1.24. The van der Waals surface area contributed by atoms with Gasteiger partial charge in [-0.1, -0.05) is 6.82 Å². The second-order valence-corrected chi connectivity index (χ2v) is 2.87. The summed E-state index contributed by atoms with van der Waals surface area (Å²) in [6.07, 6.45) is -3.57. The van der Waals surface area contributed by atoms with Crippen molar-refractivity contribution in [1.82, 2.24) is 0 Å². The molecule has 1 aliphatic heterocycles. The van der Waals surface area contributed by atoms with Crippen molar-refractivity contribution in [2.75, 3.05) is 0 Å². The molecule has 4 nitrogen and oxygen atoms in total. The third-order valence-corrected chi connectivity index (χ3v) is 2.02. The first kappa shape index (κ1) is 10.1. The van der Waals surface area contributed by atoms with Gasteiger partial charge in [-0.2, -0.15) is 0 Å². The third-order valence-electron chi connectivity index (χ3n) is 2.02. The fraction of sp³-hybridized carbons (Fsp3) is 1.00. The Morgan fingerprint density at radius 1 is 1.17 bits per heavy atom. The van der Waals surface area contributed by atoms with Crippen LogP contribution in [0.2, 0.25) is 6.82 Å². The maximum absolute atomic E-state index is 9.30. The normalized spacial score (nSPS) is 48.8. The van der Waals surface area contributed by atoms with E-state index in [1.807, 2.05) is 0 Å². The van der Waals surface area contributed by atoms with E-state index in [1.54, 1.807) is 14.1 Å². The zero-order valence-electron chi connectivity index (χ0n) is 6.79. The van der Waals surface area contributed by atoms with Crippen molar-refractivity contribution >= 4 is 15.1 Å². The molecule has 0 amide bonds. The van der Waals surface area contributed by atoms with E-state index in [1.165, 1.54) is 0 Å². The van der Waals surface area contributed by atoms with Crippen LogP contribution in [0.15, 0.2) is 0 Å². The summed E-state index contributed by atoms with van der Waals surface area (Å²) >= 11 is 0. The van der Waals surface area contributed by atoms with Crippen molar-refractivity contribution in [3.05, 3.63) is 0 Å². The minimum Gasteiger partial charge on any atom is -0.388 e. The summed E-state index contributed by atoms with van der Waals surface area (Å²) in [6.45, 7) is 1.69. The first-order chi connectivity index (χ1) is 5.57. The van der Waals surface area contributed by atoms with E-state index < -0.39 is 30.3 Å². The number of hydrogen-bond acceptors (Lipinski definition) is 4. The lowest BCUT2D eigenvalue weighted by molar-refractivity contribution is -0.178. The van der Waals surface area contributed by atoms with Gasteiger partial charge in [-0.15, -0.1) is 0 Å². The summed E-state index contributed by atoms with van der Waals surface area (Å²) in [6, 6.07) is -1.55. The predicted molar refractivity (Wildman–Crippen MR) is 44.1 cm³/mol. The van der Waals surface area contributed by atoms with Gasteiger partial charge >= 0.3 is 0 Å². The molecule has 6 heteroatoms.